The van der Waals surface area contributed by atoms with E-state index in [1.54, 1.807) is 16.2 Å². The van der Waals surface area contributed by atoms with Gasteiger partial charge >= 0.3 is 0 Å². The Bertz CT molecular complexity index is 823. The van der Waals surface area contributed by atoms with Crippen molar-refractivity contribution in [2.24, 2.45) is 5.41 Å². The highest BCUT2D eigenvalue weighted by Crippen LogP contribution is 2.37. The summed E-state index contributed by atoms with van der Waals surface area (Å²) in [6, 6.07) is 12.3. The van der Waals surface area contributed by atoms with Gasteiger partial charge in [0.15, 0.2) is 0 Å². The van der Waals surface area contributed by atoms with Gasteiger partial charge in [-0.3, -0.25) is 9.59 Å². The largest absolute Gasteiger partial charge is 0.333 e. The lowest BCUT2D eigenvalue weighted by Crippen LogP contribution is -2.49. The first kappa shape index (κ1) is 20.6. The molecule has 0 spiro atoms. The molecule has 1 aliphatic rings. The third-order valence-electron chi connectivity index (χ3n) is 5.15. The lowest BCUT2D eigenvalue weighted by atomic mass is 9.92. The van der Waals surface area contributed by atoms with Crippen LogP contribution in [0, 0.1) is 5.41 Å². The number of benzene rings is 1. The van der Waals surface area contributed by atoms with E-state index >= 15 is 0 Å². The number of hydrogen-bond donors (Lipinski definition) is 0. The zero-order valence-electron chi connectivity index (χ0n) is 17.3. The Morgan fingerprint density at radius 2 is 1.89 bits per heavy atom. The van der Waals surface area contributed by atoms with Gasteiger partial charge in [0.05, 0.1) is 12.6 Å². The molecule has 5 heteroatoms. The average Bonchev–Trinajstić information content (AvgIpc) is 3.15. The van der Waals surface area contributed by atoms with Gasteiger partial charge in [-0.15, -0.1) is 11.3 Å². The fourth-order valence-corrected chi connectivity index (χ4v) is 4.73. The van der Waals surface area contributed by atoms with Crippen molar-refractivity contribution in [3.8, 4) is 0 Å². The molecule has 4 nitrogen and oxygen atoms in total. The molecule has 0 N–H and O–H groups in total. The van der Waals surface area contributed by atoms with E-state index < -0.39 is 5.41 Å². The Labute approximate surface area is 172 Å². The summed E-state index contributed by atoms with van der Waals surface area (Å²) in [7, 11) is 0. The Kier molecular flexibility index (Phi) is 6.23. The summed E-state index contributed by atoms with van der Waals surface area (Å²) in [4.78, 5) is 31.3. The van der Waals surface area contributed by atoms with Crippen molar-refractivity contribution in [3.63, 3.8) is 0 Å². The van der Waals surface area contributed by atoms with Crippen molar-refractivity contribution in [3.05, 3.63) is 57.8 Å². The second-order valence-corrected chi connectivity index (χ2v) is 9.43. The van der Waals surface area contributed by atoms with Gasteiger partial charge in [-0.2, -0.15) is 0 Å². The molecule has 150 valence electrons. The van der Waals surface area contributed by atoms with Crippen molar-refractivity contribution >= 4 is 23.2 Å². The van der Waals surface area contributed by atoms with E-state index in [0.717, 1.165) is 18.4 Å². The van der Waals surface area contributed by atoms with Gasteiger partial charge < -0.3 is 9.80 Å². The van der Waals surface area contributed by atoms with E-state index in [1.165, 1.54) is 10.4 Å². The van der Waals surface area contributed by atoms with E-state index in [0.29, 0.717) is 13.1 Å². The molecule has 3 rings (SSSR count). The number of carbonyl (C=O) groups excluding carboxylic acids is 2. The first-order valence-electron chi connectivity index (χ1n) is 10.0. The molecule has 28 heavy (non-hydrogen) atoms. The van der Waals surface area contributed by atoms with Crippen LogP contribution < -0.4 is 0 Å². The fraction of sp³-hybridized carbons (Fsp3) is 0.478. The maximum atomic E-state index is 13.4. The zero-order valence-corrected chi connectivity index (χ0v) is 18.1. The van der Waals surface area contributed by atoms with Crippen molar-refractivity contribution in [2.45, 2.75) is 46.6 Å². The lowest BCUT2D eigenvalue weighted by molar-refractivity contribution is -0.146. The number of amides is 2. The summed E-state index contributed by atoms with van der Waals surface area (Å²) >= 11 is 1.77. The maximum absolute atomic E-state index is 13.4. The van der Waals surface area contributed by atoms with Gasteiger partial charge in [-0.25, -0.2) is 0 Å². The molecule has 0 radical (unpaired) electrons. The molecule has 1 aliphatic heterocycles. The van der Waals surface area contributed by atoms with Gasteiger partial charge in [0.2, 0.25) is 11.8 Å². The van der Waals surface area contributed by atoms with E-state index in [2.05, 4.69) is 23.6 Å². The Morgan fingerprint density at radius 1 is 1.18 bits per heavy atom. The van der Waals surface area contributed by atoms with Crippen molar-refractivity contribution in [2.75, 3.05) is 19.6 Å². The maximum Gasteiger partial charge on any atom is 0.242 e. The highest BCUT2D eigenvalue weighted by atomic mass is 32.1. The molecule has 0 aliphatic carbocycles. The molecule has 0 saturated carbocycles. The minimum Gasteiger partial charge on any atom is -0.333 e. The quantitative estimate of drug-likeness (QED) is 0.744. The Balaban J connectivity index is 1.88. The van der Waals surface area contributed by atoms with Crippen LogP contribution in [0.3, 0.4) is 0 Å². The van der Waals surface area contributed by atoms with E-state index in [4.69, 9.17) is 0 Å². The topological polar surface area (TPSA) is 40.6 Å². The molecule has 0 saturated heterocycles. The second kappa shape index (κ2) is 8.48. The highest BCUT2D eigenvalue weighted by Gasteiger charge is 2.35. The molecule has 0 unspecified atom stereocenters. The van der Waals surface area contributed by atoms with Gasteiger partial charge in [0.25, 0.3) is 0 Å². The van der Waals surface area contributed by atoms with E-state index in [1.807, 2.05) is 50.8 Å². The van der Waals surface area contributed by atoms with Crippen LogP contribution in [0.25, 0.3) is 0 Å². The van der Waals surface area contributed by atoms with Gasteiger partial charge in [0, 0.05) is 23.4 Å². The van der Waals surface area contributed by atoms with Gasteiger partial charge in [0.1, 0.15) is 0 Å². The van der Waals surface area contributed by atoms with Crippen molar-refractivity contribution in [1.82, 2.24) is 9.80 Å². The summed E-state index contributed by atoms with van der Waals surface area (Å²) in [6.07, 6.45) is 1.72. The number of rotatable bonds is 5. The van der Waals surface area contributed by atoms with Crippen LogP contribution in [0.2, 0.25) is 0 Å². The van der Waals surface area contributed by atoms with Gasteiger partial charge in [-0.1, -0.05) is 58.0 Å². The summed E-state index contributed by atoms with van der Waals surface area (Å²) in [5, 5.41) is 2.11. The molecule has 2 heterocycles. The molecule has 0 bridgehead atoms. The molecular weight excluding hydrogens is 368 g/mol. The van der Waals surface area contributed by atoms with Crippen LogP contribution in [0.4, 0.5) is 0 Å². The minimum atomic E-state index is -0.489. The molecule has 1 atom stereocenters. The SMILES string of the molecule is CCCN(CC(=O)N1CCc2sccc2[C@@H]1c1ccccc1)C(=O)C(C)(C)C. The van der Waals surface area contributed by atoms with Crippen LogP contribution in [0.5, 0.6) is 0 Å². The predicted molar refractivity (Wildman–Crippen MR) is 114 cm³/mol. The summed E-state index contributed by atoms with van der Waals surface area (Å²) in [5.41, 5.74) is 1.86. The second-order valence-electron chi connectivity index (χ2n) is 8.43. The van der Waals surface area contributed by atoms with E-state index in [-0.39, 0.29) is 24.4 Å². The monoisotopic (exact) mass is 398 g/mol. The highest BCUT2D eigenvalue weighted by molar-refractivity contribution is 7.10. The summed E-state index contributed by atoms with van der Waals surface area (Å²) in [5.74, 6) is 0.0592. The standard InChI is InChI=1S/C23H30N2O2S/c1-5-13-24(22(27)23(2,3)4)16-20(26)25-14-11-19-18(12-15-28-19)21(25)17-9-7-6-8-10-17/h6-10,12,15,21H,5,11,13-14,16H2,1-4H3/t21-/m0/s1. The first-order chi connectivity index (χ1) is 13.3. The fourth-order valence-electron chi connectivity index (χ4n) is 3.83. The van der Waals surface area contributed by atoms with Crippen LogP contribution in [0.1, 0.15) is 56.2 Å². The van der Waals surface area contributed by atoms with Gasteiger partial charge in [-0.05, 0) is 35.4 Å². The lowest BCUT2D eigenvalue weighted by Gasteiger charge is -2.38. The number of carbonyl (C=O) groups is 2. The smallest absolute Gasteiger partial charge is 0.242 e. The first-order valence-corrected chi connectivity index (χ1v) is 10.9. The zero-order chi connectivity index (χ0) is 20.3. The number of thiophene rings is 1. The predicted octanol–water partition coefficient (Wildman–Crippen LogP) is 4.51. The average molecular weight is 399 g/mol. The van der Waals surface area contributed by atoms with Crippen LogP contribution >= 0.6 is 11.3 Å². The molecule has 2 amide bonds. The van der Waals surface area contributed by atoms with Crippen molar-refractivity contribution < 1.29 is 9.59 Å². The molecule has 1 aromatic carbocycles. The Hall–Kier alpha value is -2.14. The number of hydrogen-bond acceptors (Lipinski definition) is 3. The van der Waals surface area contributed by atoms with Crippen LogP contribution in [-0.2, 0) is 16.0 Å². The molecular formula is C23H30N2O2S. The minimum absolute atomic E-state index is 0.0248. The molecule has 2 aromatic rings. The number of fused-ring (bicyclic) bond motifs is 1. The van der Waals surface area contributed by atoms with E-state index in [9.17, 15) is 9.59 Å². The van der Waals surface area contributed by atoms with Crippen LogP contribution in [-0.4, -0.2) is 41.2 Å². The van der Waals surface area contributed by atoms with Crippen molar-refractivity contribution in [1.29, 1.82) is 0 Å². The third-order valence-corrected chi connectivity index (χ3v) is 6.15. The molecule has 1 aromatic heterocycles. The normalized spacial score (nSPS) is 16.6. The Morgan fingerprint density at radius 3 is 2.54 bits per heavy atom. The summed E-state index contributed by atoms with van der Waals surface area (Å²) in [6.45, 7) is 9.21. The number of nitrogens with zero attached hydrogens (tertiary/aromatic N) is 2. The molecule has 0 fully saturated rings. The van der Waals surface area contributed by atoms with Crippen LogP contribution in [0.15, 0.2) is 41.8 Å². The summed E-state index contributed by atoms with van der Waals surface area (Å²) < 4.78 is 0. The third kappa shape index (κ3) is 4.30.